The van der Waals surface area contributed by atoms with E-state index in [0.717, 1.165) is 5.56 Å². The van der Waals surface area contributed by atoms with Crippen LogP contribution in [0.1, 0.15) is 34.1 Å². The molecule has 2 aromatic carbocycles. The summed E-state index contributed by atoms with van der Waals surface area (Å²) >= 11 is 6.04. The maximum absolute atomic E-state index is 13.2. The molecule has 0 unspecified atom stereocenters. The number of rotatable bonds is 4. The second kappa shape index (κ2) is 6.59. The van der Waals surface area contributed by atoms with Gasteiger partial charge in [0.1, 0.15) is 5.58 Å². The smallest absolute Gasteiger partial charge is 0.290 e. The lowest BCUT2D eigenvalue weighted by molar-refractivity contribution is 0.0716. The molecule has 1 amide bonds. The first kappa shape index (κ1) is 16.8. The van der Waals surface area contributed by atoms with E-state index >= 15 is 0 Å². The third-order valence-electron chi connectivity index (χ3n) is 4.60. The number of nitrogens with zero attached hydrogens (tertiary/aromatic N) is 1. The van der Waals surface area contributed by atoms with Gasteiger partial charge in [0, 0.05) is 18.2 Å². The van der Waals surface area contributed by atoms with Gasteiger partial charge >= 0.3 is 0 Å². The molecule has 2 heterocycles. The average Bonchev–Trinajstić information content (AvgIpc) is 2.94. The number of aliphatic hydroxyl groups excluding tert-OH is 1. The Labute approximate surface area is 154 Å². The third kappa shape index (κ3) is 2.60. The van der Waals surface area contributed by atoms with Crippen molar-refractivity contribution in [3.05, 3.63) is 80.7 Å². The lowest BCUT2D eigenvalue weighted by Gasteiger charge is -2.24. The van der Waals surface area contributed by atoms with Crippen LogP contribution in [0.3, 0.4) is 0 Å². The first-order valence-corrected chi connectivity index (χ1v) is 8.72. The highest BCUT2D eigenvalue weighted by atomic mass is 35.5. The molecule has 6 heteroatoms. The molecule has 1 N–H and O–H groups in total. The van der Waals surface area contributed by atoms with Crippen LogP contribution in [0.15, 0.2) is 57.7 Å². The van der Waals surface area contributed by atoms with Crippen LogP contribution in [0.5, 0.6) is 0 Å². The molecule has 26 heavy (non-hydrogen) atoms. The summed E-state index contributed by atoms with van der Waals surface area (Å²) in [6, 6.07) is 13.6. The maximum Gasteiger partial charge on any atom is 0.290 e. The Kier molecular flexibility index (Phi) is 4.26. The zero-order valence-electron chi connectivity index (χ0n) is 13.8. The lowest BCUT2D eigenvalue weighted by Crippen LogP contribution is -2.31. The van der Waals surface area contributed by atoms with Gasteiger partial charge in [-0.05, 0) is 30.2 Å². The normalized spacial score (nSPS) is 16.3. The molecule has 3 aromatic rings. The summed E-state index contributed by atoms with van der Waals surface area (Å²) in [5.74, 6) is -0.270. The van der Waals surface area contributed by atoms with Gasteiger partial charge in [-0.25, -0.2) is 0 Å². The second-order valence-electron chi connectivity index (χ2n) is 6.20. The topological polar surface area (TPSA) is 70.8 Å². The summed E-state index contributed by atoms with van der Waals surface area (Å²) in [5.41, 5.74) is 1.24. The Morgan fingerprint density at radius 2 is 1.88 bits per heavy atom. The Morgan fingerprint density at radius 1 is 1.12 bits per heavy atom. The van der Waals surface area contributed by atoms with E-state index in [1.54, 1.807) is 23.1 Å². The fourth-order valence-electron chi connectivity index (χ4n) is 3.45. The molecule has 1 aliphatic heterocycles. The van der Waals surface area contributed by atoms with Gasteiger partial charge < -0.3 is 14.4 Å². The van der Waals surface area contributed by atoms with E-state index in [4.69, 9.17) is 16.0 Å². The Balaban J connectivity index is 1.98. The highest BCUT2D eigenvalue weighted by molar-refractivity contribution is 6.31. The predicted octanol–water partition coefficient (Wildman–Crippen LogP) is 3.37. The van der Waals surface area contributed by atoms with Crippen molar-refractivity contribution in [3.8, 4) is 0 Å². The molecule has 1 aliphatic rings. The van der Waals surface area contributed by atoms with Gasteiger partial charge in [-0.3, -0.25) is 9.59 Å². The summed E-state index contributed by atoms with van der Waals surface area (Å²) < 4.78 is 5.80. The molecule has 1 atom stereocenters. The van der Waals surface area contributed by atoms with Crippen molar-refractivity contribution < 1.29 is 14.3 Å². The molecular weight excluding hydrogens is 354 g/mol. The van der Waals surface area contributed by atoms with Crippen LogP contribution in [0, 0.1) is 0 Å². The fraction of sp³-hybridized carbons (Fsp3) is 0.200. The molecular formula is C20H16ClNO4. The van der Waals surface area contributed by atoms with Gasteiger partial charge in [0.25, 0.3) is 5.91 Å². The fourth-order valence-corrected chi connectivity index (χ4v) is 3.62. The molecule has 0 fully saturated rings. The number of amides is 1. The number of hydrogen-bond acceptors (Lipinski definition) is 4. The number of aliphatic hydroxyl groups is 1. The Morgan fingerprint density at radius 3 is 2.62 bits per heavy atom. The number of hydrogen-bond donors (Lipinski definition) is 1. The number of halogens is 1. The lowest BCUT2D eigenvalue weighted by atomic mass is 9.98. The predicted molar refractivity (Wildman–Crippen MR) is 98.5 cm³/mol. The van der Waals surface area contributed by atoms with Gasteiger partial charge in [-0.2, -0.15) is 0 Å². The third-order valence-corrected chi connectivity index (χ3v) is 4.84. The largest absolute Gasteiger partial charge is 0.450 e. The number of benzene rings is 2. The van der Waals surface area contributed by atoms with Crippen molar-refractivity contribution in [1.82, 2.24) is 4.90 Å². The van der Waals surface area contributed by atoms with E-state index in [9.17, 15) is 14.7 Å². The molecule has 0 saturated heterocycles. The molecule has 132 valence electrons. The molecule has 0 bridgehead atoms. The van der Waals surface area contributed by atoms with Gasteiger partial charge in [0.05, 0.1) is 17.0 Å². The van der Waals surface area contributed by atoms with E-state index in [-0.39, 0.29) is 23.7 Å². The van der Waals surface area contributed by atoms with E-state index in [2.05, 4.69) is 0 Å². The van der Waals surface area contributed by atoms with Crippen LogP contribution in [0.4, 0.5) is 0 Å². The first-order valence-electron chi connectivity index (χ1n) is 8.35. The van der Waals surface area contributed by atoms with Crippen molar-refractivity contribution in [1.29, 1.82) is 0 Å². The van der Waals surface area contributed by atoms with E-state index in [1.807, 2.05) is 30.3 Å². The van der Waals surface area contributed by atoms with Gasteiger partial charge in [0.2, 0.25) is 5.76 Å². The molecule has 0 saturated carbocycles. The molecule has 0 radical (unpaired) electrons. The summed E-state index contributed by atoms with van der Waals surface area (Å²) in [6.07, 6.45) is 0.419. The molecule has 4 rings (SSSR count). The summed E-state index contributed by atoms with van der Waals surface area (Å²) in [5, 5.41) is 9.98. The second-order valence-corrected chi connectivity index (χ2v) is 6.64. The van der Waals surface area contributed by atoms with Gasteiger partial charge in [-0.1, -0.05) is 41.9 Å². The Bertz CT molecular complexity index is 1040. The summed E-state index contributed by atoms with van der Waals surface area (Å²) in [4.78, 5) is 27.7. The first-order chi connectivity index (χ1) is 12.6. The summed E-state index contributed by atoms with van der Waals surface area (Å²) in [7, 11) is 0. The quantitative estimate of drug-likeness (QED) is 0.765. The van der Waals surface area contributed by atoms with Crippen LogP contribution in [0.25, 0.3) is 11.0 Å². The molecule has 5 nitrogen and oxygen atoms in total. The van der Waals surface area contributed by atoms with Crippen molar-refractivity contribution in [2.24, 2.45) is 0 Å². The zero-order valence-corrected chi connectivity index (χ0v) is 14.6. The molecule has 0 spiro atoms. The van der Waals surface area contributed by atoms with E-state index < -0.39 is 6.04 Å². The highest BCUT2D eigenvalue weighted by Gasteiger charge is 2.42. The van der Waals surface area contributed by atoms with Crippen LogP contribution in [-0.4, -0.2) is 29.1 Å². The monoisotopic (exact) mass is 369 g/mol. The number of fused-ring (bicyclic) bond motifs is 2. The number of carbonyl (C=O) groups is 1. The number of carbonyl (C=O) groups excluding carboxylic acids is 1. The molecule has 0 aliphatic carbocycles. The van der Waals surface area contributed by atoms with Crippen molar-refractivity contribution in [2.45, 2.75) is 12.5 Å². The van der Waals surface area contributed by atoms with Crippen molar-refractivity contribution in [3.63, 3.8) is 0 Å². The molecule has 1 aromatic heterocycles. The van der Waals surface area contributed by atoms with Crippen LogP contribution >= 0.6 is 11.6 Å². The van der Waals surface area contributed by atoms with Crippen LogP contribution in [-0.2, 0) is 0 Å². The van der Waals surface area contributed by atoms with Gasteiger partial charge in [0.15, 0.2) is 5.43 Å². The average molecular weight is 370 g/mol. The van der Waals surface area contributed by atoms with Gasteiger partial charge in [-0.15, -0.1) is 0 Å². The van der Waals surface area contributed by atoms with Crippen LogP contribution in [0.2, 0.25) is 5.02 Å². The minimum Gasteiger partial charge on any atom is -0.450 e. The van der Waals surface area contributed by atoms with Crippen molar-refractivity contribution in [2.75, 3.05) is 13.2 Å². The minimum absolute atomic E-state index is 0.0411. The SMILES string of the molecule is O=C1c2oc3ccc(Cl)cc3c(=O)c2[C@@H](c2ccccc2)N1CCCO. The zero-order chi connectivity index (χ0) is 18.3. The summed E-state index contributed by atoms with van der Waals surface area (Å²) in [6.45, 7) is 0.288. The van der Waals surface area contributed by atoms with Crippen LogP contribution < -0.4 is 5.43 Å². The van der Waals surface area contributed by atoms with E-state index in [0.29, 0.717) is 34.5 Å². The standard InChI is InChI=1S/C20H16ClNO4/c21-13-7-8-15-14(11-13)18(24)16-17(12-5-2-1-3-6-12)22(9-4-10-23)20(25)19(16)26-15/h1-3,5-8,11,17,23H,4,9-10H2/t17-/m1/s1. The highest BCUT2D eigenvalue weighted by Crippen LogP contribution is 2.38. The van der Waals surface area contributed by atoms with Crippen molar-refractivity contribution >= 4 is 28.5 Å². The maximum atomic E-state index is 13.2. The Hall–Kier alpha value is -2.63. The van der Waals surface area contributed by atoms with E-state index in [1.165, 1.54) is 0 Å². The minimum atomic E-state index is -0.537.